The van der Waals surface area contributed by atoms with Crippen molar-refractivity contribution < 1.29 is 22.4 Å². The van der Waals surface area contributed by atoms with Crippen molar-refractivity contribution in [3.8, 4) is 0 Å². The average Bonchev–Trinajstić information content (AvgIpc) is 3.30. The van der Waals surface area contributed by atoms with E-state index in [9.17, 15) is 22.4 Å². The van der Waals surface area contributed by atoms with Crippen LogP contribution in [0.4, 0.5) is 28.0 Å². The number of carbonyl (C=O) groups is 1. The number of nitrogens with one attached hydrogen (secondary N) is 1. The molecule has 1 aromatic rings. The van der Waals surface area contributed by atoms with Crippen molar-refractivity contribution >= 4 is 23.1 Å². The van der Waals surface area contributed by atoms with Crippen LogP contribution in [0.15, 0.2) is 11.4 Å². The van der Waals surface area contributed by atoms with E-state index in [-0.39, 0.29) is 42.2 Å². The smallest absolute Gasteiger partial charge is 0.370 e. The second-order valence-electron chi connectivity index (χ2n) is 7.93. The average molecular weight is 405 g/mol. The molecule has 4 rings (SSSR count). The summed E-state index contributed by atoms with van der Waals surface area (Å²) in [5.41, 5.74) is 0.250. The van der Waals surface area contributed by atoms with Gasteiger partial charge in [0.15, 0.2) is 0 Å². The minimum atomic E-state index is -4.34. The van der Waals surface area contributed by atoms with Crippen LogP contribution in [-0.4, -0.2) is 48.8 Å². The van der Waals surface area contributed by atoms with Crippen LogP contribution in [0.5, 0.6) is 0 Å². The van der Waals surface area contributed by atoms with Crippen molar-refractivity contribution in [1.82, 2.24) is 10.2 Å². The van der Waals surface area contributed by atoms with Gasteiger partial charge in [0, 0.05) is 37.5 Å². The van der Waals surface area contributed by atoms with Crippen molar-refractivity contribution in [2.24, 2.45) is 11.8 Å². The maximum atomic E-state index is 13.5. The van der Waals surface area contributed by atoms with Crippen molar-refractivity contribution in [1.29, 1.82) is 0 Å². The molecular formula is C18H23F4N3OS. The largest absolute Gasteiger partial charge is 0.427 e. The van der Waals surface area contributed by atoms with Crippen LogP contribution in [-0.2, 0) is 6.18 Å². The lowest BCUT2D eigenvalue weighted by atomic mass is 9.98. The number of thiophene rings is 1. The predicted octanol–water partition coefficient (Wildman–Crippen LogP) is 4.12. The quantitative estimate of drug-likeness (QED) is 0.752. The van der Waals surface area contributed by atoms with E-state index in [1.54, 1.807) is 0 Å². The van der Waals surface area contributed by atoms with E-state index in [0.29, 0.717) is 19.5 Å². The van der Waals surface area contributed by atoms with Crippen molar-refractivity contribution in [2.75, 3.05) is 24.5 Å². The van der Waals surface area contributed by atoms with E-state index in [1.807, 2.05) is 11.8 Å². The first-order valence-corrected chi connectivity index (χ1v) is 10.2. The minimum Gasteiger partial charge on any atom is -0.370 e. The van der Waals surface area contributed by atoms with Gasteiger partial charge in [-0.1, -0.05) is 0 Å². The third-order valence-corrected chi connectivity index (χ3v) is 7.14. The molecule has 2 aliphatic heterocycles. The van der Waals surface area contributed by atoms with Crippen molar-refractivity contribution in [3.63, 3.8) is 0 Å². The number of hydrogen-bond donors (Lipinski definition) is 1. The molecule has 1 unspecified atom stereocenters. The Bertz CT molecular complexity index is 709. The van der Waals surface area contributed by atoms with Crippen LogP contribution >= 0.6 is 11.3 Å². The lowest BCUT2D eigenvalue weighted by molar-refractivity contribution is -0.133. The summed E-state index contributed by atoms with van der Waals surface area (Å²) in [5.74, 6) is 0.412. The summed E-state index contributed by atoms with van der Waals surface area (Å²) in [7, 11) is 0. The molecule has 150 valence electrons. The number of amides is 2. The van der Waals surface area contributed by atoms with Gasteiger partial charge < -0.3 is 15.1 Å². The number of urea groups is 1. The Balaban J connectivity index is 1.42. The number of hydrogen-bond acceptors (Lipinski definition) is 3. The van der Waals surface area contributed by atoms with Gasteiger partial charge in [0.25, 0.3) is 0 Å². The van der Waals surface area contributed by atoms with E-state index in [1.165, 1.54) is 16.3 Å². The molecule has 2 saturated heterocycles. The molecule has 1 N–H and O–H groups in total. The number of alkyl halides is 4. The first-order valence-electron chi connectivity index (χ1n) is 9.35. The first-order chi connectivity index (χ1) is 12.7. The summed E-state index contributed by atoms with van der Waals surface area (Å²) < 4.78 is 53.2. The van der Waals surface area contributed by atoms with Crippen LogP contribution in [0.1, 0.15) is 31.1 Å². The minimum absolute atomic E-state index is 0.0636. The molecule has 0 spiro atoms. The monoisotopic (exact) mass is 405 g/mol. The van der Waals surface area contributed by atoms with Crippen LogP contribution in [0.3, 0.4) is 0 Å². The van der Waals surface area contributed by atoms with Gasteiger partial charge in [0.2, 0.25) is 0 Å². The zero-order valence-electron chi connectivity index (χ0n) is 15.0. The summed E-state index contributed by atoms with van der Waals surface area (Å²) in [5, 5.41) is 4.51. The highest BCUT2D eigenvalue weighted by Gasteiger charge is 2.46. The zero-order chi connectivity index (χ0) is 19.3. The van der Waals surface area contributed by atoms with Gasteiger partial charge >= 0.3 is 12.2 Å². The van der Waals surface area contributed by atoms with Crippen molar-refractivity contribution in [3.05, 3.63) is 16.3 Å². The van der Waals surface area contributed by atoms with Gasteiger partial charge in [-0.3, -0.25) is 0 Å². The molecule has 27 heavy (non-hydrogen) atoms. The highest BCUT2D eigenvalue weighted by molar-refractivity contribution is 7.10. The second-order valence-corrected chi connectivity index (χ2v) is 8.85. The molecule has 0 bridgehead atoms. The van der Waals surface area contributed by atoms with Gasteiger partial charge in [0.05, 0.1) is 12.2 Å². The molecule has 1 aromatic heterocycles. The Kier molecular flexibility index (Phi) is 4.76. The highest BCUT2D eigenvalue weighted by atomic mass is 32.1. The Hall–Kier alpha value is -1.51. The first kappa shape index (κ1) is 18.8. The Morgan fingerprint density at radius 2 is 2.04 bits per heavy atom. The summed E-state index contributed by atoms with van der Waals surface area (Å²) in [6.45, 7) is 3.05. The molecule has 1 aliphatic carbocycles. The number of likely N-dealkylation sites (tertiary alicyclic amines) is 1. The predicted molar refractivity (Wildman–Crippen MR) is 95.7 cm³/mol. The number of nitrogens with zero attached hydrogens (tertiary/aromatic N) is 2. The summed E-state index contributed by atoms with van der Waals surface area (Å²) in [6.07, 6.45) is -3.26. The van der Waals surface area contributed by atoms with Gasteiger partial charge in [-0.05, 0) is 37.1 Å². The molecule has 9 heteroatoms. The molecular weight excluding hydrogens is 382 g/mol. The molecule has 3 fully saturated rings. The van der Waals surface area contributed by atoms with Crippen LogP contribution in [0.2, 0.25) is 0 Å². The fourth-order valence-corrected chi connectivity index (χ4v) is 5.68. The van der Waals surface area contributed by atoms with Gasteiger partial charge in [-0.15, -0.1) is 11.3 Å². The SMILES string of the molecule is CC1C[C@H](F)CN1C(=O)N[C@H]1CC[C@@H]2CN(c3ccsc3C(F)(F)F)C[C@@H]21. The van der Waals surface area contributed by atoms with E-state index in [4.69, 9.17) is 0 Å². The van der Waals surface area contributed by atoms with Gasteiger partial charge in [0.1, 0.15) is 11.0 Å². The molecule has 3 aliphatic rings. The molecule has 0 radical (unpaired) electrons. The molecule has 5 atom stereocenters. The topological polar surface area (TPSA) is 35.6 Å². The maximum absolute atomic E-state index is 13.5. The molecule has 0 aromatic carbocycles. The number of anilines is 1. The van der Waals surface area contributed by atoms with Crippen LogP contribution in [0, 0.1) is 11.8 Å². The molecule has 3 heterocycles. The normalized spacial score (nSPS) is 33.6. The van der Waals surface area contributed by atoms with E-state index in [2.05, 4.69) is 5.32 Å². The Labute approximate surface area is 159 Å². The van der Waals surface area contributed by atoms with Crippen LogP contribution in [0.25, 0.3) is 0 Å². The lowest BCUT2D eigenvalue weighted by Crippen LogP contribution is -2.48. The molecule has 2 amide bonds. The number of rotatable bonds is 2. The van der Waals surface area contributed by atoms with Crippen LogP contribution < -0.4 is 10.2 Å². The number of halogens is 4. The highest BCUT2D eigenvalue weighted by Crippen LogP contribution is 2.45. The fraction of sp³-hybridized carbons (Fsp3) is 0.722. The zero-order valence-corrected chi connectivity index (χ0v) is 15.8. The molecule has 1 saturated carbocycles. The van der Waals surface area contributed by atoms with Gasteiger partial charge in [-0.2, -0.15) is 13.2 Å². The summed E-state index contributed by atoms with van der Waals surface area (Å²) >= 11 is 0.721. The maximum Gasteiger partial charge on any atom is 0.427 e. The third-order valence-electron chi connectivity index (χ3n) is 6.19. The Morgan fingerprint density at radius 3 is 2.70 bits per heavy atom. The molecule has 4 nitrogen and oxygen atoms in total. The summed E-state index contributed by atoms with van der Waals surface area (Å²) in [6, 6.07) is 1.09. The van der Waals surface area contributed by atoms with E-state index >= 15 is 0 Å². The lowest BCUT2D eigenvalue weighted by Gasteiger charge is -2.27. The fourth-order valence-electron chi connectivity index (χ4n) is 4.89. The number of fused-ring (bicyclic) bond motifs is 1. The third kappa shape index (κ3) is 3.50. The van der Waals surface area contributed by atoms with E-state index < -0.39 is 17.2 Å². The van der Waals surface area contributed by atoms with Gasteiger partial charge in [-0.25, -0.2) is 9.18 Å². The van der Waals surface area contributed by atoms with Crippen molar-refractivity contribution in [2.45, 2.75) is 50.6 Å². The standard InChI is InChI=1S/C18H23F4N3OS/c1-10-6-12(19)8-25(10)17(26)23-14-3-2-11-7-24(9-13(11)14)15-4-5-27-16(15)18(20,21)22/h4-5,10-14H,2-3,6-9H2,1H3,(H,23,26)/t10?,11-,12+,13+,14+/m1/s1. The van der Waals surface area contributed by atoms with E-state index in [0.717, 1.165) is 24.2 Å². The second kappa shape index (κ2) is 6.83. The summed E-state index contributed by atoms with van der Waals surface area (Å²) in [4.78, 5) is 15.3. The Morgan fingerprint density at radius 1 is 1.26 bits per heavy atom. The number of carbonyl (C=O) groups excluding carboxylic acids is 1.